The highest BCUT2D eigenvalue weighted by Crippen LogP contribution is 2.21. The van der Waals surface area contributed by atoms with E-state index in [4.69, 9.17) is 4.42 Å². The van der Waals surface area contributed by atoms with Gasteiger partial charge in [0.1, 0.15) is 11.5 Å². The molecule has 70 valence electrons. The van der Waals surface area contributed by atoms with E-state index in [-0.39, 0.29) is 6.04 Å². The van der Waals surface area contributed by atoms with Crippen LogP contribution in [0.25, 0.3) is 0 Å². The SMILES string of the molecule is Cc1ccc(NC2CCC(=O)C2)o1. The van der Waals surface area contributed by atoms with Crippen molar-refractivity contribution in [2.75, 3.05) is 5.32 Å². The fourth-order valence-electron chi connectivity index (χ4n) is 1.65. The molecule has 3 nitrogen and oxygen atoms in total. The zero-order chi connectivity index (χ0) is 9.26. The third kappa shape index (κ3) is 1.91. The number of hydrogen-bond donors (Lipinski definition) is 1. The lowest BCUT2D eigenvalue weighted by Gasteiger charge is -2.08. The van der Waals surface area contributed by atoms with E-state index in [0.29, 0.717) is 18.6 Å². The van der Waals surface area contributed by atoms with Crippen LogP contribution in [0.5, 0.6) is 0 Å². The Morgan fingerprint density at radius 1 is 1.54 bits per heavy atom. The molecule has 1 aliphatic carbocycles. The summed E-state index contributed by atoms with van der Waals surface area (Å²) < 4.78 is 5.36. The van der Waals surface area contributed by atoms with E-state index in [2.05, 4.69) is 5.32 Å². The second-order valence-electron chi connectivity index (χ2n) is 3.53. The summed E-state index contributed by atoms with van der Waals surface area (Å²) in [5, 5.41) is 3.20. The lowest BCUT2D eigenvalue weighted by molar-refractivity contribution is -0.117. The third-order valence-electron chi connectivity index (χ3n) is 2.33. The molecule has 1 unspecified atom stereocenters. The molecule has 0 amide bonds. The quantitative estimate of drug-likeness (QED) is 0.756. The Morgan fingerprint density at radius 2 is 2.38 bits per heavy atom. The van der Waals surface area contributed by atoms with Crippen LogP contribution in [-0.4, -0.2) is 11.8 Å². The number of carbonyl (C=O) groups is 1. The Morgan fingerprint density at radius 3 is 2.92 bits per heavy atom. The fourth-order valence-corrected chi connectivity index (χ4v) is 1.65. The van der Waals surface area contributed by atoms with Gasteiger partial charge in [0.2, 0.25) is 0 Å². The highest BCUT2D eigenvalue weighted by molar-refractivity contribution is 5.81. The van der Waals surface area contributed by atoms with Crippen LogP contribution >= 0.6 is 0 Å². The summed E-state index contributed by atoms with van der Waals surface area (Å²) in [6, 6.07) is 4.09. The number of anilines is 1. The van der Waals surface area contributed by atoms with Crippen LogP contribution in [0.15, 0.2) is 16.5 Å². The Kier molecular flexibility index (Phi) is 2.08. The van der Waals surface area contributed by atoms with Gasteiger partial charge in [-0.1, -0.05) is 0 Å². The van der Waals surface area contributed by atoms with Crippen LogP contribution in [0.4, 0.5) is 5.88 Å². The van der Waals surface area contributed by atoms with E-state index < -0.39 is 0 Å². The van der Waals surface area contributed by atoms with Crippen molar-refractivity contribution in [2.24, 2.45) is 0 Å². The van der Waals surface area contributed by atoms with Crippen molar-refractivity contribution in [3.8, 4) is 0 Å². The number of nitrogens with one attached hydrogen (secondary N) is 1. The summed E-state index contributed by atoms with van der Waals surface area (Å²) >= 11 is 0. The van der Waals surface area contributed by atoms with Gasteiger partial charge in [-0.3, -0.25) is 4.79 Å². The summed E-state index contributed by atoms with van der Waals surface area (Å²) in [6.07, 6.45) is 2.27. The number of aryl methyl sites for hydroxylation is 1. The second-order valence-corrected chi connectivity index (χ2v) is 3.53. The summed E-state index contributed by atoms with van der Waals surface area (Å²) in [7, 11) is 0. The fraction of sp³-hybridized carbons (Fsp3) is 0.500. The first kappa shape index (κ1) is 8.35. The zero-order valence-corrected chi connectivity index (χ0v) is 7.67. The summed E-state index contributed by atoms with van der Waals surface area (Å²) in [5.41, 5.74) is 0. The van der Waals surface area contributed by atoms with Crippen molar-refractivity contribution in [1.82, 2.24) is 0 Å². The topological polar surface area (TPSA) is 42.2 Å². The number of Topliss-reactive ketones (excluding diaryl/α,β-unsaturated/α-hetero) is 1. The van der Waals surface area contributed by atoms with Crippen molar-refractivity contribution < 1.29 is 9.21 Å². The van der Waals surface area contributed by atoms with Gasteiger partial charge in [-0.15, -0.1) is 0 Å². The van der Waals surface area contributed by atoms with Gasteiger partial charge in [0.05, 0.1) is 0 Å². The molecule has 13 heavy (non-hydrogen) atoms. The lowest BCUT2D eigenvalue weighted by Crippen LogP contribution is -2.14. The van der Waals surface area contributed by atoms with Crippen LogP contribution in [0.2, 0.25) is 0 Å². The van der Waals surface area contributed by atoms with Crippen molar-refractivity contribution in [2.45, 2.75) is 32.2 Å². The Bertz CT molecular complexity index is 316. The van der Waals surface area contributed by atoms with Crippen molar-refractivity contribution >= 4 is 11.7 Å². The van der Waals surface area contributed by atoms with Gasteiger partial charge in [0.25, 0.3) is 0 Å². The maximum atomic E-state index is 11.0. The molecule has 2 rings (SSSR count). The van der Waals surface area contributed by atoms with E-state index in [1.807, 2.05) is 19.1 Å². The molecule has 1 aliphatic rings. The Hall–Kier alpha value is -1.25. The minimum atomic E-state index is 0.276. The molecule has 1 heterocycles. The summed E-state index contributed by atoms with van der Waals surface area (Å²) in [6.45, 7) is 1.91. The van der Waals surface area contributed by atoms with Gasteiger partial charge in [0.15, 0.2) is 5.88 Å². The molecular formula is C10H13NO2. The normalized spacial score (nSPS) is 22.2. The molecule has 1 aromatic rings. The van der Waals surface area contributed by atoms with E-state index in [0.717, 1.165) is 18.1 Å². The van der Waals surface area contributed by atoms with Crippen molar-refractivity contribution in [1.29, 1.82) is 0 Å². The smallest absolute Gasteiger partial charge is 0.193 e. The van der Waals surface area contributed by atoms with Crippen LogP contribution < -0.4 is 5.32 Å². The van der Waals surface area contributed by atoms with E-state index in [1.165, 1.54) is 0 Å². The molecule has 0 bridgehead atoms. The highest BCUT2D eigenvalue weighted by atomic mass is 16.4. The molecular weight excluding hydrogens is 166 g/mol. The molecule has 0 radical (unpaired) electrons. The monoisotopic (exact) mass is 179 g/mol. The molecule has 1 atom stereocenters. The first-order valence-electron chi connectivity index (χ1n) is 4.59. The van der Waals surface area contributed by atoms with Crippen LogP contribution in [0.3, 0.4) is 0 Å². The standard InChI is InChI=1S/C10H13NO2/c1-7-2-5-10(13-7)11-8-3-4-9(12)6-8/h2,5,8,11H,3-4,6H2,1H3. The summed E-state index contributed by atoms with van der Waals surface area (Å²) in [4.78, 5) is 11.0. The molecule has 1 fully saturated rings. The minimum absolute atomic E-state index is 0.276. The first-order valence-corrected chi connectivity index (χ1v) is 4.59. The Labute approximate surface area is 77.1 Å². The van der Waals surface area contributed by atoms with Gasteiger partial charge in [-0.05, 0) is 19.4 Å². The number of rotatable bonds is 2. The third-order valence-corrected chi connectivity index (χ3v) is 2.33. The second kappa shape index (κ2) is 3.24. The predicted octanol–water partition coefficient (Wildman–Crippen LogP) is 2.12. The summed E-state index contributed by atoms with van der Waals surface area (Å²) in [5.74, 6) is 2.02. The highest BCUT2D eigenvalue weighted by Gasteiger charge is 2.22. The molecule has 0 spiro atoms. The molecule has 1 N–H and O–H groups in total. The van der Waals surface area contributed by atoms with Crippen molar-refractivity contribution in [3.63, 3.8) is 0 Å². The zero-order valence-electron chi connectivity index (χ0n) is 7.67. The maximum Gasteiger partial charge on any atom is 0.193 e. The number of ketones is 1. The van der Waals surface area contributed by atoms with E-state index in [9.17, 15) is 4.79 Å². The number of furan rings is 1. The number of hydrogen-bond acceptors (Lipinski definition) is 3. The van der Waals surface area contributed by atoms with Gasteiger partial charge < -0.3 is 9.73 Å². The molecule has 1 saturated carbocycles. The van der Waals surface area contributed by atoms with Gasteiger partial charge >= 0.3 is 0 Å². The van der Waals surface area contributed by atoms with Crippen molar-refractivity contribution in [3.05, 3.63) is 17.9 Å². The Balaban J connectivity index is 1.95. The maximum absolute atomic E-state index is 11.0. The van der Waals surface area contributed by atoms with Gasteiger partial charge in [0, 0.05) is 24.9 Å². The largest absolute Gasteiger partial charge is 0.446 e. The van der Waals surface area contributed by atoms with Gasteiger partial charge in [-0.25, -0.2) is 0 Å². The molecule has 0 aromatic carbocycles. The predicted molar refractivity (Wildman–Crippen MR) is 49.7 cm³/mol. The van der Waals surface area contributed by atoms with E-state index in [1.54, 1.807) is 0 Å². The molecule has 0 aliphatic heterocycles. The molecule has 3 heteroatoms. The average Bonchev–Trinajstić information content (AvgIpc) is 2.62. The molecule has 0 saturated heterocycles. The van der Waals surface area contributed by atoms with E-state index >= 15 is 0 Å². The van der Waals surface area contributed by atoms with Crippen LogP contribution in [-0.2, 0) is 4.79 Å². The van der Waals surface area contributed by atoms with Crippen LogP contribution in [0, 0.1) is 6.92 Å². The minimum Gasteiger partial charge on any atom is -0.446 e. The van der Waals surface area contributed by atoms with Gasteiger partial charge in [-0.2, -0.15) is 0 Å². The number of carbonyl (C=O) groups excluding carboxylic acids is 1. The first-order chi connectivity index (χ1) is 6.24. The van der Waals surface area contributed by atoms with Crippen LogP contribution in [0.1, 0.15) is 25.0 Å². The molecule has 1 aromatic heterocycles. The average molecular weight is 179 g/mol. The lowest BCUT2D eigenvalue weighted by atomic mass is 10.2.